The third-order valence-corrected chi connectivity index (χ3v) is 5.95. The second-order valence-electron chi connectivity index (χ2n) is 6.46. The number of nitriles is 1. The number of nitrogens with one attached hydrogen (secondary N) is 3. The Labute approximate surface area is 151 Å². The van der Waals surface area contributed by atoms with Crippen molar-refractivity contribution in [2.75, 3.05) is 24.7 Å². The molecular weight excluding hydrogens is 330 g/mol. The number of hydrogen-bond acceptors (Lipinski definition) is 5. The third kappa shape index (κ3) is 2.84. The number of aromatic nitrogens is 2. The molecule has 0 amide bonds. The zero-order valence-electron chi connectivity index (χ0n) is 14.2. The molecule has 1 saturated heterocycles. The summed E-state index contributed by atoms with van der Waals surface area (Å²) in [6, 6.07) is 10.9. The van der Waals surface area contributed by atoms with Crippen molar-refractivity contribution in [1.29, 1.82) is 5.26 Å². The minimum absolute atomic E-state index is 0.0615. The van der Waals surface area contributed by atoms with Crippen LogP contribution in [-0.4, -0.2) is 29.5 Å². The minimum Gasteiger partial charge on any atom is -0.343 e. The maximum Gasteiger partial charge on any atom is 0.129 e. The number of H-pyrrole nitrogens is 1. The fourth-order valence-electron chi connectivity index (χ4n) is 3.91. The van der Waals surface area contributed by atoms with Crippen molar-refractivity contribution >= 4 is 17.6 Å². The van der Waals surface area contributed by atoms with Crippen molar-refractivity contribution < 1.29 is 0 Å². The van der Waals surface area contributed by atoms with Crippen molar-refractivity contribution in [3.63, 3.8) is 0 Å². The fourth-order valence-corrected chi connectivity index (χ4v) is 4.55. The van der Waals surface area contributed by atoms with Gasteiger partial charge in [-0.25, -0.2) is 0 Å². The molecule has 4 rings (SSSR count). The van der Waals surface area contributed by atoms with Gasteiger partial charge in [-0.05, 0) is 43.8 Å². The lowest BCUT2D eigenvalue weighted by molar-refractivity contribution is 0.418. The molecule has 3 heterocycles. The lowest BCUT2D eigenvalue weighted by Gasteiger charge is -2.33. The lowest BCUT2D eigenvalue weighted by Crippen LogP contribution is -2.32. The van der Waals surface area contributed by atoms with E-state index in [1.807, 2.05) is 6.20 Å². The van der Waals surface area contributed by atoms with Crippen molar-refractivity contribution in [2.24, 2.45) is 5.92 Å². The number of aromatic amines is 1. The van der Waals surface area contributed by atoms with Gasteiger partial charge in [-0.1, -0.05) is 18.2 Å². The van der Waals surface area contributed by atoms with Crippen LogP contribution in [0.4, 0.5) is 5.82 Å². The van der Waals surface area contributed by atoms with Crippen LogP contribution in [0.5, 0.6) is 0 Å². The number of benzene rings is 1. The molecule has 0 saturated carbocycles. The van der Waals surface area contributed by atoms with Gasteiger partial charge in [0.1, 0.15) is 5.82 Å². The second kappa shape index (κ2) is 6.95. The predicted octanol–water partition coefficient (Wildman–Crippen LogP) is 3.47. The van der Waals surface area contributed by atoms with E-state index >= 15 is 0 Å². The number of piperidine rings is 1. The largest absolute Gasteiger partial charge is 0.343 e. The summed E-state index contributed by atoms with van der Waals surface area (Å²) in [4.78, 5) is 1.21. The molecule has 3 N–H and O–H groups in total. The van der Waals surface area contributed by atoms with Gasteiger partial charge in [0, 0.05) is 22.1 Å². The van der Waals surface area contributed by atoms with Gasteiger partial charge < -0.3 is 10.6 Å². The molecule has 25 heavy (non-hydrogen) atoms. The molecule has 1 aromatic heterocycles. The Morgan fingerprint density at radius 2 is 2.00 bits per heavy atom. The van der Waals surface area contributed by atoms with E-state index in [9.17, 15) is 5.26 Å². The zero-order valence-corrected chi connectivity index (χ0v) is 15.0. The molecule has 0 spiro atoms. The van der Waals surface area contributed by atoms with E-state index in [-0.39, 0.29) is 5.92 Å². The van der Waals surface area contributed by atoms with Gasteiger partial charge in [0.15, 0.2) is 0 Å². The maximum absolute atomic E-state index is 10.0. The maximum atomic E-state index is 10.0. The number of thioether (sulfide) groups is 1. The minimum atomic E-state index is -0.0615. The van der Waals surface area contributed by atoms with E-state index in [0.29, 0.717) is 5.92 Å². The number of fused-ring (bicyclic) bond motifs is 1. The van der Waals surface area contributed by atoms with Crippen LogP contribution in [0, 0.1) is 17.2 Å². The number of nitrogens with zero attached hydrogens (tertiary/aromatic N) is 2. The van der Waals surface area contributed by atoms with E-state index in [0.717, 1.165) is 48.6 Å². The molecule has 2 aliphatic heterocycles. The van der Waals surface area contributed by atoms with Crippen LogP contribution in [0.2, 0.25) is 0 Å². The van der Waals surface area contributed by atoms with Crippen LogP contribution >= 0.6 is 11.8 Å². The van der Waals surface area contributed by atoms with Crippen LogP contribution in [-0.2, 0) is 0 Å². The molecule has 1 fully saturated rings. The summed E-state index contributed by atoms with van der Waals surface area (Å²) in [6.07, 6.45) is 6.03. The summed E-state index contributed by atoms with van der Waals surface area (Å²) in [7, 11) is 0. The molecule has 2 aliphatic rings. The van der Waals surface area contributed by atoms with Crippen LogP contribution in [0.1, 0.15) is 29.9 Å². The molecule has 0 aliphatic carbocycles. The average Bonchev–Trinajstić information content (AvgIpc) is 3.15. The lowest BCUT2D eigenvalue weighted by atomic mass is 9.79. The monoisotopic (exact) mass is 351 g/mol. The molecule has 1 unspecified atom stereocenters. The van der Waals surface area contributed by atoms with E-state index in [4.69, 9.17) is 0 Å². The fraction of sp³-hybridized carbons (Fsp3) is 0.368. The molecule has 1 atom stereocenters. The highest BCUT2D eigenvalue weighted by molar-refractivity contribution is 7.98. The van der Waals surface area contributed by atoms with Gasteiger partial charge in [-0.2, -0.15) is 10.4 Å². The highest BCUT2D eigenvalue weighted by Gasteiger charge is 2.35. The summed E-state index contributed by atoms with van der Waals surface area (Å²) < 4.78 is 0. The first-order chi connectivity index (χ1) is 12.3. The highest BCUT2D eigenvalue weighted by Crippen LogP contribution is 2.45. The van der Waals surface area contributed by atoms with Gasteiger partial charge >= 0.3 is 0 Å². The van der Waals surface area contributed by atoms with Gasteiger partial charge in [0.05, 0.1) is 23.8 Å². The van der Waals surface area contributed by atoms with Gasteiger partial charge in [0.25, 0.3) is 0 Å². The van der Waals surface area contributed by atoms with Gasteiger partial charge in [0.2, 0.25) is 0 Å². The van der Waals surface area contributed by atoms with Crippen LogP contribution in [0.25, 0.3) is 0 Å². The Kier molecular flexibility index (Phi) is 4.51. The first kappa shape index (κ1) is 16.2. The molecule has 0 bridgehead atoms. The molecule has 128 valence electrons. The number of hydrogen-bond donors (Lipinski definition) is 3. The number of allylic oxidation sites excluding steroid dienone is 2. The smallest absolute Gasteiger partial charge is 0.129 e. The molecule has 5 nitrogen and oxygen atoms in total. The number of rotatable bonds is 3. The SMILES string of the molecule is CSc1ccccc1C1C(C#N)=C(C2CCNCC2)Nc2[nH]ncc21. The summed E-state index contributed by atoms with van der Waals surface area (Å²) in [5, 5.41) is 24.3. The Morgan fingerprint density at radius 1 is 1.20 bits per heavy atom. The van der Waals surface area contributed by atoms with Gasteiger partial charge in [-0.15, -0.1) is 11.8 Å². The van der Waals surface area contributed by atoms with E-state index in [1.54, 1.807) is 11.8 Å². The Balaban J connectivity index is 1.87. The topological polar surface area (TPSA) is 76.5 Å². The van der Waals surface area contributed by atoms with Crippen LogP contribution in [0.3, 0.4) is 0 Å². The zero-order chi connectivity index (χ0) is 17.2. The van der Waals surface area contributed by atoms with Crippen molar-refractivity contribution in [1.82, 2.24) is 15.5 Å². The first-order valence-corrected chi connectivity index (χ1v) is 9.84. The standard InChI is InChI=1S/C19H21N5S/c1-25-16-5-3-2-4-13(16)17-14(10-20)18(12-6-8-21-9-7-12)23-19-15(17)11-22-24-19/h2-5,11-12,17,21H,6-9H2,1H3,(H2,22,23,24). The first-order valence-electron chi connectivity index (χ1n) is 8.61. The average molecular weight is 351 g/mol. The Hall–Kier alpha value is -2.23. The Bertz CT molecular complexity index is 841. The normalized spacial score (nSPS) is 20.7. The molecular formula is C19H21N5S. The molecule has 0 radical (unpaired) electrons. The highest BCUT2D eigenvalue weighted by atomic mass is 32.2. The second-order valence-corrected chi connectivity index (χ2v) is 7.31. The predicted molar refractivity (Wildman–Crippen MR) is 101 cm³/mol. The molecule has 2 aromatic rings. The summed E-state index contributed by atoms with van der Waals surface area (Å²) in [5.74, 6) is 1.25. The summed E-state index contributed by atoms with van der Waals surface area (Å²) >= 11 is 1.72. The van der Waals surface area contributed by atoms with Crippen LogP contribution in [0.15, 0.2) is 46.6 Å². The third-order valence-electron chi connectivity index (χ3n) is 5.14. The summed E-state index contributed by atoms with van der Waals surface area (Å²) in [5.41, 5.74) is 4.14. The van der Waals surface area contributed by atoms with Crippen LogP contribution < -0.4 is 10.6 Å². The summed E-state index contributed by atoms with van der Waals surface area (Å²) in [6.45, 7) is 1.99. The van der Waals surface area contributed by atoms with Crippen molar-refractivity contribution in [3.8, 4) is 6.07 Å². The molecule has 6 heteroatoms. The Morgan fingerprint density at radius 3 is 2.76 bits per heavy atom. The van der Waals surface area contributed by atoms with E-state index in [2.05, 4.69) is 57.4 Å². The molecule has 1 aromatic carbocycles. The number of anilines is 1. The van der Waals surface area contributed by atoms with E-state index < -0.39 is 0 Å². The van der Waals surface area contributed by atoms with Crippen molar-refractivity contribution in [3.05, 3.63) is 52.9 Å². The van der Waals surface area contributed by atoms with E-state index in [1.165, 1.54) is 10.5 Å². The van der Waals surface area contributed by atoms with Crippen molar-refractivity contribution in [2.45, 2.75) is 23.7 Å². The quantitative estimate of drug-likeness (QED) is 0.738. The van der Waals surface area contributed by atoms with Gasteiger partial charge in [-0.3, -0.25) is 5.10 Å².